The zero-order chi connectivity index (χ0) is 10.6. The van der Waals surface area contributed by atoms with E-state index in [2.05, 4.69) is 4.98 Å². The van der Waals surface area contributed by atoms with Crippen LogP contribution in [-0.2, 0) is 10.1 Å². The quantitative estimate of drug-likeness (QED) is 0.778. The van der Waals surface area contributed by atoms with Gasteiger partial charge >= 0.3 is 0 Å². The first-order valence-electron chi connectivity index (χ1n) is 4.42. The maximum Gasteiger partial charge on any atom is 0.272 e. The molecule has 14 heavy (non-hydrogen) atoms. The highest BCUT2D eigenvalue weighted by Crippen LogP contribution is 2.25. The maximum absolute atomic E-state index is 11.0. The Morgan fingerprint density at radius 3 is 2.71 bits per heavy atom. The number of hydrogen-bond donors (Lipinski definition) is 1. The lowest BCUT2D eigenvalue weighted by atomic mass is 10.1. The van der Waals surface area contributed by atoms with Crippen LogP contribution >= 0.6 is 0 Å². The summed E-state index contributed by atoms with van der Waals surface area (Å²) in [6.07, 6.45) is 4.13. The molecule has 1 atom stereocenters. The third-order valence-corrected chi connectivity index (χ3v) is 3.19. The lowest BCUT2D eigenvalue weighted by molar-refractivity contribution is 0.463. The van der Waals surface area contributed by atoms with Gasteiger partial charge in [0.2, 0.25) is 0 Å². The molecule has 78 valence electrons. The van der Waals surface area contributed by atoms with Gasteiger partial charge in [-0.2, -0.15) is 8.42 Å². The highest BCUT2D eigenvalue weighted by molar-refractivity contribution is 7.86. The average Bonchev–Trinajstić information content (AvgIpc) is 2.14. The van der Waals surface area contributed by atoms with Crippen molar-refractivity contribution in [2.45, 2.75) is 25.0 Å². The van der Waals surface area contributed by atoms with E-state index in [1.807, 2.05) is 6.92 Å². The van der Waals surface area contributed by atoms with Gasteiger partial charge in [-0.15, -0.1) is 0 Å². The van der Waals surface area contributed by atoms with Gasteiger partial charge in [0.1, 0.15) is 5.25 Å². The molecule has 4 nitrogen and oxygen atoms in total. The molecule has 0 aliphatic heterocycles. The summed E-state index contributed by atoms with van der Waals surface area (Å²) in [5, 5.41) is -0.846. The summed E-state index contributed by atoms with van der Waals surface area (Å²) in [6.45, 7) is 1.87. The van der Waals surface area contributed by atoms with E-state index in [4.69, 9.17) is 4.55 Å². The fraction of sp³-hybridized carbons (Fsp3) is 0.444. The molecule has 1 rings (SSSR count). The molecular formula is C9H13NO3S. The Labute approximate surface area is 83.7 Å². The van der Waals surface area contributed by atoms with Crippen molar-refractivity contribution < 1.29 is 13.0 Å². The van der Waals surface area contributed by atoms with Crippen LogP contribution in [0.3, 0.4) is 0 Å². The fourth-order valence-corrected chi connectivity index (χ4v) is 2.33. The molecule has 1 aromatic heterocycles. The lowest BCUT2D eigenvalue weighted by Crippen LogP contribution is -2.12. The van der Waals surface area contributed by atoms with E-state index >= 15 is 0 Å². The molecule has 0 amide bonds. The molecule has 1 aromatic rings. The monoisotopic (exact) mass is 215 g/mol. The summed E-state index contributed by atoms with van der Waals surface area (Å²) in [5.74, 6) is 0. The highest BCUT2D eigenvalue weighted by atomic mass is 32.2. The van der Waals surface area contributed by atoms with Crippen molar-refractivity contribution in [2.75, 3.05) is 0 Å². The van der Waals surface area contributed by atoms with Crippen LogP contribution < -0.4 is 0 Å². The molecule has 0 aromatic carbocycles. The second-order valence-corrected chi connectivity index (χ2v) is 4.68. The molecule has 1 unspecified atom stereocenters. The van der Waals surface area contributed by atoms with Gasteiger partial charge in [-0.1, -0.05) is 19.4 Å². The number of pyridine rings is 1. The topological polar surface area (TPSA) is 67.3 Å². The molecule has 0 saturated heterocycles. The minimum Gasteiger partial charge on any atom is -0.285 e. The molecule has 0 fully saturated rings. The summed E-state index contributed by atoms with van der Waals surface area (Å²) in [4.78, 5) is 3.83. The predicted molar refractivity (Wildman–Crippen MR) is 53.4 cm³/mol. The van der Waals surface area contributed by atoms with E-state index in [1.54, 1.807) is 18.3 Å². The zero-order valence-electron chi connectivity index (χ0n) is 7.92. The Morgan fingerprint density at radius 2 is 2.29 bits per heavy atom. The van der Waals surface area contributed by atoms with Crippen molar-refractivity contribution in [3.05, 3.63) is 30.1 Å². The lowest BCUT2D eigenvalue weighted by Gasteiger charge is -2.12. The van der Waals surface area contributed by atoms with Crippen LogP contribution in [-0.4, -0.2) is 18.0 Å². The van der Waals surface area contributed by atoms with Gasteiger partial charge < -0.3 is 0 Å². The van der Waals surface area contributed by atoms with Gasteiger partial charge in [0.25, 0.3) is 10.1 Å². The first-order valence-corrected chi connectivity index (χ1v) is 5.92. The largest absolute Gasteiger partial charge is 0.285 e. The average molecular weight is 215 g/mol. The van der Waals surface area contributed by atoms with E-state index in [9.17, 15) is 8.42 Å². The van der Waals surface area contributed by atoms with E-state index in [0.717, 1.165) is 0 Å². The predicted octanol–water partition coefficient (Wildman–Crippen LogP) is 1.81. The van der Waals surface area contributed by atoms with Crippen LogP contribution in [0.5, 0.6) is 0 Å². The minimum atomic E-state index is -4.02. The molecule has 0 bridgehead atoms. The molecular weight excluding hydrogens is 202 g/mol. The SMILES string of the molecule is CCCC(c1cccnc1)S(=O)(=O)O. The molecule has 5 heteroatoms. The second-order valence-electron chi connectivity index (χ2n) is 3.08. The van der Waals surface area contributed by atoms with Gasteiger partial charge in [-0.25, -0.2) is 0 Å². The van der Waals surface area contributed by atoms with Crippen LogP contribution in [0.25, 0.3) is 0 Å². The molecule has 0 radical (unpaired) electrons. The van der Waals surface area contributed by atoms with Crippen LogP contribution in [0.15, 0.2) is 24.5 Å². The van der Waals surface area contributed by atoms with Crippen molar-refractivity contribution in [1.29, 1.82) is 0 Å². The fourth-order valence-electron chi connectivity index (χ4n) is 1.32. The van der Waals surface area contributed by atoms with Crippen molar-refractivity contribution in [2.24, 2.45) is 0 Å². The van der Waals surface area contributed by atoms with Gasteiger partial charge in [-0.05, 0) is 18.1 Å². The summed E-state index contributed by atoms with van der Waals surface area (Å²) in [6, 6.07) is 3.31. The van der Waals surface area contributed by atoms with Gasteiger partial charge in [0.05, 0.1) is 0 Å². The standard InChI is InChI=1S/C9H13NO3S/c1-2-4-9(14(11,12)13)8-5-3-6-10-7-8/h3,5-7,9H,2,4H2,1H3,(H,11,12,13). The van der Waals surface area contributed by atoms with Crippen molar-refractivity contribution in [3.63, 3.8) is 0 Å². The van der Waals surface area contributed by atoms with Crippen molar-refractivity contribution >= 4 is 10.1 Å². The number of rotatable bonds is 4. The Bertz CT molecular complexity index is 374. The Balaban J connectivity index is 3.02. The summed E-state index contributed by atoms with van der Waals surface area (Å²) in [5.41, 5.74) is 0.539. The smallest absolute Gasteiger partial charge is 0.272 e. The van der Waals surface area contributed by atoms with Crippen LogP contribution in [0.2, 0.25) is 0 Å². The molecule has 0 spiro atoms. The Kier molecular flexibility index (Phi) is 3.60. The van der Waals surface area contributed by atoms with E-state index in [-0.39, 0.29) is 0 Å². The van der Waals surface area contributed by atoms with E-state index < -0.39 is 15.4 Å². The third-order valence-electron chi connectivity index (χ3n) is 1.97. The van der Waals surface area contributed by atoms with E-state index in [0.29, 0.717) is 18.4 Å². The highest BCUT2D eigenvalue weighted by Gasteiger charge is 2.23. The number of hydrogen-bond acceptors (Lipinski definition) is 3. The molecule has 0 aliphatic rings. The number of aromatic nitrogens is 1. The first kappa shape index (κ1) is 11.1. The van der Waals surface area contributed by atoms with Crippen LogP contribution in [0, 0.1) is 0 Å². The van der Waals surface area contributed by atoms with Gasteiger partial charge in [-0.3, -0.25) is 9.54 Å². The molecule has 1 heterocycles. The van der Waals surface area contributed by atoms with Crippen LogP contribution in [0.1, 0.15) is 30.6 Å². The summed E-state index contributed by atoms with van der Waals surface area (Å²) in [7, 11) is -4.02. The first-order chi connectivity index (χ1) is 6.55. The van der Waals surface area contributed by atoms with Crippen LogP contribution in [0.4, 0.5) is 0 Å². The third kappa shape index (κ3) is 2.78. The maximum atomic E-state index is 11.0. The summed E-state index contributed by atoms with van der Waals surface area (Å²) >= 11 is 0. The molecule has 0 aliphatic carbocycles. The molecule has 1 N–H and O–H groups in total. The summed E-state index contributed by atoms with van der Waals surface area (Å²) < 4.78 is 31.1. The van der Waals surface area contributed by atoms with Gasteiger partial charge in [0.15, 0.2) is 0 Å². The second kappa shape index (κ2) is 4.52. The normalized spacial score (nSPS) is 13.9. The minimum absolute atomic E-state index is 0.407. The zero-order valence-corrected chi connectivity index (χ0v) is 8.74. The van der Waals surface area contributed by atoms with Crippen molar-refractivity contribution in [1.82, 2.24) is 4.98 Å². The Hall–Kier alpha value is -0.940. The van der Waals surface area contributed by atoms with Crippen molar-refractivity contribution in [3.8, 4) is 0 Å². The van der Waals surface area contributed by atoms with E-state index in [1.165, 1.54) is 6.20 Å². The molecule has 0 saturated carbocycles. The van der Waals surface area contributed by atoms with Gasteiger partial charge in [0, 0.05) is 12.4 Å². The number of nitrogens with zero attached hydrogens (tertiary/aromatic N) is 1. The Morgan fingerprint density at radius 1 is 1.57 bits per heavy atom.